The maximum Gasteiger partial charge on any atom is 0.243 e. The minimum atomic E-state index is -1.17. The predicted octanol–water partition coefficient (Wildman–Crippen LogP) is 3.19. The summed E-state index contributed by atoms with van der Waals surface area (Å²) in [7, 11) is 1.53. The van der Waals surface area contributed by atoms with Gasteiger partial charge in [-0.25, -0.2) is 4.39 Å². The number of hydrogen-bond acceptors (Lipinski definition) is 2. The third-order valence-corrected chi connectivity index (χ3v) is 4.93. The number of anilines is 1. The molecule has 4 nitrogen and oxygen atoms in total. The summed E-state index contributed by atoms with van der Waals surface area (Å²) in [6, 6.07) is 13.6. The summed E-state index contributed by atoms with van der Waals surface area (Å²) >= 11 is 5.84. The van der Waals surface area contributed by atoms with Gasteiger partial charge in [0.2, 0.25) is 11.8 Å². The fourth-order valence-corrected chi connectivity index (χ4v) is 3.48. The van der Waals surface area contributed by atoms with E-state index in [-0.39, 0.29) is 16.8 Å². The van der Waals surface area contributed by atoms with Crippen LogP contribution in [-0.4, -0.2) is 25.4 Å². The first-order valence-electron chi connectivity index (χ1n) is 8.01. The van der Waals surface area contributed by atoms with E-state index in [1.807, 2.05) is 30.3 Å². The average Bonchev–Trinajstić information content (AvgIpc) is 2.95. The van der Waals surface area contributed by atoms with Crippen LogP contribution < -0.4 is 10.2 Å². The van der Waals surface area contributed by atoms with Crippen molar-refractivity contribution in [3.63, 3.8) is 0 Å². The van der Waals surface area contributed by atoms with Crippen molar-refractivity contribution >= 4 is 29.1 Å². The number of halogens is 2. The molecule has 3 rings (SSSR count). The molecule has 0 saturated carbocycles. The monoisotopic (exact) mass is 360 g/mol. The first kappa shape index (κ1) is 17.4. The highest BCUT2D eigenvalue weighted by atomic mass is 35.5. The fraction of sp³-hybridized carbons (Fsp3) is 0.263. The zero-order valence-electron chi connectivity index (χ0n) is 13.8. The number of carbonyl (C=O) groups excluding carboxylic acids is 2. The molecule has 2 amide bonds. The van der Waals surface area contributed by atoms with E-state index in [0.717, 1.165) is 5.56 Å². The van der Waals surface area contributed by atoms with Crippen LogP contribution in [-0.2, 0) is 16.0 Å². The van der Waals surface area contributed by atoms with Crippen molar-refractivity contribution in [3.05, 3.63) is 64.9 Å². The first-order chi connectivity index (χ1) is 12.0. The number of nitrogens with one attached hydrogen (secondary N) is 1. The van der Waals surface area contributed by atoms with Crippen LogP contribution in [0.15, 0.2) is 48.5 Å². The molecule has 1 saturated heterocycles. The molecule has 0 aliphatic carbocycles. The van der Waals surface area contributed by atoms with Gasteiger partial charge in [-0.3, -0.25) is 9.59 Å². The summed E-state index contributed by atoms with van der Waals surface area (Å²) in [4.78, 5) is 27.3. The van der Waals surface area contributed by atoms with Crippen molar-refractivity contribution in [2.24, 2.45) is 5.41 Å². The molecule has 1 heterocycles. The number of amides is 2. The minimum absolute atomic E-state index is 0.0502. The molecule has 25 heavy (non-hydrogen) atoms. The largest absolute Gasteiger partial charge is 0.358 e. The second-order valence-corrected chi connectivity index (χ2v) is 6.54. The van der Waals surface area contributed by atoms with Crippen LogP contribution in [0.5, 0.6) is 0 Å². The molecular weight excluding hydrogens is 343 g/mol. The van der Waals surface area contributed by atoms with E-state index in [2.05, 4.69) is 5.32 Å². The molecule has 0 radical (unpaired) electrons. The Hall–Kier alpha value is -2.40. The van der Waals surface area contributed by atoms with Gasteiger partial charge in [0, 0.05) is 19.3 Å². The lowest BCUT2D eigenvalue weighted by Gasteiger charge is -2.26. The van der Waals surface area contributed by atoms with Gasteiger partial charge in [-0.15, -0.1) is 0 Å². The zero-order valence-corrected chi connectivity index (χ0v) is 14.5. The zero-order chi connectivity index (χ0) is 18.0. The molecule has 6 heteroatoms. The van der Waals surface area contributed by atoms with E-state index in [0.29, 0.717) is 25.1 Å². The van der Waals surface area contributed by atoms with Crippen LogP contribution in [0.1, 0.15) is 12.0 Å². The minimum Gasteiger partial charge on any atom is -0.358 e. The molecule has 1 aliphatic rings. The number of hydrogen-bond donors (Lipinski definition) is 1. The highest BCUT2D eigenvalue weighted by Gasteiger charge is 2.52. The lowest BCUT2D eigenvalue weighted by molar-refractivity contribution is -0.139. The fourth-order valence-electron chi connectivity index (χ4n) is 3.31. The molecule has 130 valence electrons. The number of rotatable bonds is 4. The normalized spacial score (nSPS) is 20.0. The Kier molecular flexibility index (Phi) is 4.77. The van der Waals surface area contributed by atoms with Crippen LogP contribution in [0.3, 0.4) is 0 Å². The second-order valence-electron chi connectivity index (χ2n) is 6.13. The van der Waals surface area contributed by atoms with Crippen LogP contribution in [0, 0.1) is 11.2 Å². The van der Waals surface area contributed by atoms with E-state index in [1.54, 1.807) is 0 Å². The smallest absolute Gasteiger partial charge is 0.243 e. The Morgan fingerprint density at radius 3 is 2.64 bits per heavy atom. The van der Waals surface area contributed by atoms with Crippen molar-refractivity contribution in [1.82, 2.24) is 5.32 Å². The molecule has 0 unspecified atom stereocenters. The van der Waals surface area contributed by atoms with Gasteiger partial charge in [-0.05, 0) is 36.6 Å². The standard InChI is InChI=1S/C19H18ClFN2O2/c1-22-17(24)19(12-13-5-3-2-4-6-13)9-10-23(18(19)25)14-7-8-16(21)15(20)11-14/h2-8,11H,9-10,12H2,1H3,(H,22,24)/t19-/m0/s1. The van der Waals surface area contributed by atoms with Crippen molar-refractivity contribution in [1.29, 1.82) is 0 Å². The third-order valence-electron chi connectivity index (χ3n) is 4.64. The van der Waals surface area contributed by atoms with E-state index < -0.39 is 11.2 Å². The maximum absolute atomic E-state index is 13.4. The molecule has 0 bridgehead atoms. The highest BCUT2D eigenvalue weighted by Crippen LogP contribution is 2.39. The molecule has 2 aromatic rings. The SMILES string of the molecule is CNC(=O)[C@@]1(Cc2ccccc2)CCN(c2ccc(F)c(Cl)c2)C1=O. The maximum atomic E-state index is 13.4. The Bertz CT molecular complexity index is 812. The van der Waals surface area contributed by atoms with E-state index in [4.69, 9.17) is 11.6 Å². The Labute approximate surface area is 150 Å². The third kappa shape index (κ3) is 3.12. The van der Waals surface area contributed by atoms with Crippen LogP contribution in [0.4, 0.5) is 10.1 Å². The average molecular weight is 361 g/mol. The summed E-state index contributed by atoms with van der Waals surface area (Å²) in [5.74, 6) is -1.14. The summed E-state index contributed by atoms with van der Waals surface area (Å²) in [5.41, 5.74) is 0.241. The van der Waals surface area contributed by atoms with Gasteiger partial charge in [0.25, 0.3) is 0 Å². The van der Waals surface area contributed by atoms with Crippen molar-refractivity contribution in [2.75, 3.05) is 18.5 Å². The van der Waals surface area contributed by atoms with E-state index >= 15 is 0 Å². The number of nitrogens with zero attached hydrogens (tertiary/aromatic N) is 1. The van der Waals surface area contributed by atoms with E-state index in [9.17, 15) is 14.0 Å². The molecule has 2 aromatic carbocycles. The second kappa shape index (κ2) is 6.84. The quantitative estimate of drug-likeness (QED) is 0.851. The lowest BCUT2D eigenvalue weighted by atomic mass is 9.79. The van der Waals surface area contributed by atoms with Gasteiger partial charge in [0.1, 0.15) is 11.2 Å². The van der Waals surface area contributed by atoms with Gasteiger partial charge in [0.15, 0.2) is 0 Å². The predicted molar refractivity (Wildman–Crippen MR) is 95.0 cm³/mol. The molecule has 1 aliphatic heterocycles. The van der Waals surface area contributed by atoms with Crippen LogP contribution in [0.2, 0.25) is 5.02 Å². The Morgan fingerprint density at radius 1 is 1.28 bits per heavy atom. The van der Waals surface area contributed by atoms with E-state index in [1.165, 1.54) is 30.1 Å². The van der Waals surface area contributed by atoms with Crippen LogP contribution in [0.25, 0.3) is 0 Å². The summed E-state index contributed by atoms with van der Waals surface area (Å²) in [6.07, 6.45) is 0.702. The summed E-state index contributed by atoms with van der Waals surface area (Å²) in [5, 5.41) is 2.57. The molecule has 1 fully saturated rings. The number of carbonyl (C=O) groups is 2. The Morgan fingerprint density at radius 2 is 2.00 bits per heavy atom. The molecular formula is C19H18ClFN2O2. The summed E-state index contributed by atoms with van der Waals surface area (Å²) < 4.78 is 13.4. The molecule has 0 aromatic heterocycles. The number of benzene rings is 2. The first-order valence-corrected chi connectivity index (χ1v) is 8.39. The van der Waals surface area contributed by atoms with Gasteiger partial charge in [-0.2, -0.15) is 0 Å². The van der Waals surface area contributed by atoms with Crippen LogP contribution >= 0.6 is 11.6 Å². The van der Waals surface area contributed by atoms with Gasteiger partial charge < -0.3 is 10.2 Å². The van der Waals surface area contributed by atoms with Crippen molar-refractivity contribution in [3.8, 4) is 0 Å². The topological polar surface area (TPSA) is 49.4 Å². The van der Waals surface area contributed by atoms with Gasteiger partial charge >= 0.3 is 0 Å². The van der Waals surface area contributed by atoms with Crippen molar-refractivity contribution < 1.29 is 14.0 Å². The summed E-state index contributed by atoms with van der Waals surface area (Å²) in [6.45, 7) is 0.376. The van der Waals surface area contributed by atoms with Gasteiger partial charge in [-0.1, -0.05) is 41.9 Å². The molecule has 0 spiro atoms. The highest BCUT2D eigenvalue weighted by molar-refractivity contribution is 6.31. The van der Waals surface area contributed by atoms with Gasteiger partial charge in [0.05, 0.1) is 5.02 Å². The van der Waals surface area contributed by atoms with Crippen molar-refractivity contribution in [2.45, 2.75) is 12.8 Å². The molecule has 1 atom stereocenters. The lowest BCUT2D eigenvalue weighted by Crippen LogP contribution is -2.47. The molecule has 1 N–H and O–H groups in total. The Balaban J connectivity index is 1.96.